The monoisotopic (exact) mass is 180 g/mol. The Hall–Kier alpha value is -1.58. The molecule has 70 valence electrons. The first-order chi connectivity index (χ1) is 6.15. The minimum absolute atomic E-state index is 0.214. The summed E-state index contributed by atoms with van der Waals surface area (Å²) in [6, 6.07) is 0. The first kappa shape index (κ1) is 9.51. The summed E-state index contributed by atoms with van der Waals surface area (Å²) in [6.07, 6.45) is 1.77. The van der Waals surface area contributed by atoms with Crippen molar-refractivity contribution in [2.45, 2.75) is 13.3 Å². The van der Waals surface area contributed by atoms with Crippen LogP contribution in [0.15, 0.2) is 28.5 Å². The molecule has 1 aliphatic heterocycles. The van der Waals surface area contributed by atoms with Crippen LogP contribution in [0.5, 0.6) is 0 Å². The second-order valence-corrected chi connectivity index (χ2v) is 2.70. The van der Waals surface area contributed by atoms with Crippen LogP contribution >= 0.6 is 0 Å². The fraction of sp³-hybridized carbons (Fsp3) is 0.333. The van der Waals surface area contributed by atoms with Gasteiger partial charge >= 0.3 is 5.97 Å². The topological polar surface area (TPSA) is 50.7 Å². The van der Waals surface area contributed by atoms with Crippen molar-refractivity contribution < 1.29 is 9.53 Å². The van der Waals surface area contributed by atoms with Crippen LogP contribution in [-0.2, 0) is 9.53 Å². The van der Waals surface area contributed by atoms with Crippen molar-refractivity contribution in [1.29, 1.82) is 0 Å². The highest BCUT2D eigenvalue weighted by Gasteiger charge is 2.14. The maximum atomic E-state index is 11.0. The molecule has 1 rings (SSSR count). The molecule has 0 saturated heterocycles. The van der Waals surface area contributed by atoms with Gasteiger partial charge in [0.15, 0.2) is 0 Å². The number of allylic oxidation sites excluding steroid dienone is 2. The van der Waals surface area contributed by atoms with E-state index in [2.05, 4.69) is 21.6 Å². The molecule has 0 aliphatic carbocycles. The van der Waals surface area contributed by atoms with Crippen LogP contribution in [0.3, 0.4) is 0 Å². The number of hydrogen-bond acceptors (Lipinski definition) is 4. The molecular weight excluding hydrogens is 168 g/mol. The summed E-state index contributed by atoms with van der Waals surface area (Å²) in [5, 5.41) is 2.84. The summed E-state index contributed by atoms with van der Waals surface area (Å²) in [4.78, 5) is 15.0. The summed E-state index contributed by atoms with van der Waals surface area (Å²) in [7, 11) is 1.36. The van der Waals surface area contributed by atoms with Crippen LogP contribution in [0.25, 0.3) is 0 Å². The Kier molecular flexibility index (Phi) is 2.84. The Bertz CT molecular complexity index is 303. The van der Waals surface area contributed by atoms with Gasteiger partial charge in [-0.25, -0.2) is 4.99 Å². The van der Waals surface area contributed by atoms with Crippen molar-refractivity contribution in [1.82, 2.24) is 5.32 Å². The number of aliphatic imine (C=N–C) groups is 1. The first-order valence-electron chi connectivity index (χ1n) is 3.90. The molecule has 1 aliphatic rings. The van der Waals surface area contributed by atoms with E-state index in [1.54, 1.807) is 6.34 Å². The molecule has 4 nitrogen and oxygen atoms in total. The van der Waals surface area contributed by atoms with E-state index in [4.69, 9.17) is 0 Å². The molecule has 0 atom stereocenters. The second-order valence-electron chi connectivity index (χ2n) is 2.70. The highest BCUT2D eigenvalue weighted by atomic mass is 16.5. The fourth-order valence-electron chi connectivity index (χ4n) is 1.04. The lowest BCUT2D eigenvalue weighted by molar-refractivity contribution is -0.139. The third kappa shape index (κ3) is 2.18. The van der Waals surface area contributed by atoms with Crippen LogP contribution in [0.2, 0.25) is 0 Å². The maximum absolute atomic E-state index is 11.0. The van der Waals surface area contributed by atoms with Crippen LogP contribution < -0.4 is 5.32 Å². The van der Waals surface area contributed by atoms with Crippen molar-refractivity contribution >= 4 is 12.3 Å². The molecule has 1 N–H and O–H groups in total. The lowest BCUT2D eigenvalue weighted by Crippen LogP contribution is -2.18. The SMILES string of the molecule is C=C1NC=NC(C)=C1CC(=O)OC. The van der Waals surface area contributed by atoms with Crippen LogP contribution in [0.4, 0.5) is 0 Å². The number of esters is 1. The molecule has 0 radical (unpaired) electrons. The largest absolute Gasteiger partial charge is 0.469 e. The standard InChI is InChI=1S/C9H12N2O2/c1-6-8(4-9(12)13-3)7(2)11-5-10-6/h5H,1,4H2,2-3H3,(H,10,11). The zero-order chi connectivity index (χ0) is 9.84. The van der Waals surface area contributed by atoms with Gasteiger partial charge < -0.3 is 10.1 Å². The van der Waals surface area contributed by atoms with E-state index >= 15 is 0 Å². The molecule has 0 spiro atoms. The summed E-state index contributed by atoms with van der Waals surface area (Å²) >= 11 is 0. The van der Waals surface area contributed by atoms with Crippen LogP contribution in [0, 0.1) is 0 Å². The van der Waals surface area contributed by atoms with E-state index in [1.807, 2.05) is 6.92 Å². The van der Waals surface area contributed by atoms with E-state index in [-0.39, 0.29) is 12.4 Å². The summed E-state index contributed by atoms with van der Waals surface area (Å²) in [5.74, 6) is -0.283. The Labute approximate surface area is 77.0 Å². The average molecular weight is 180 g/mol. The molecule has 4 heteroatoms. The van der Waals surface area contributed by atoms with Gasteiger partial charge in [0.05, 0.1) is 19.9 Å². The van der Waals surface area contributed by atoms with E-state index in [0.29, 0.717) is 5.70 Å². The van der Waals surface area contributed by atoms with Crippen molar-refractivity contribution in [3.63, 3.8) is 0 Å². The molecule has 0 aromatic carbocycles. The smallest absolute Gasteiger partial charge is 0.310 e. The Morgan fingerprint density at radius 2 is 2.46 bits per heavy atom. The number of hydrogen-bond donors (Lipinski definition) is 1. The lowest BCUT2D eigenvalue weighted by Gasteiger charge is -2.15. The van der Waals surface area contributed by atoms with Gasteiger partial charge in [-0.15, -0.1) is 0 Å². The van der Waals surface area contributed by atoms with Gasteiger partial charge in [0, 0.05) is 17.0 Å². The van der Waals surface area contributed by atoms with Gasteiger partial charge in [-0.3, -0.25) is 4.79 Å². The quantitative estimate of drug-likeness (QED) is 0.644. The molecule has 0 bridgehead atoms. The lowest BCUT2D eigenvalue weighted by atomic mass is 10.1. The highest BCUT2D eigenvalue weighted by Crippen LogP contribution is 2.18. The average Bonchev–Trinajstić information content (AvgIpc) is 2.11. The molecule has 0 saturated carbocycles. The summed E-state index contributed by atoms with van der Waals surface area (Å²) in [6.45, 7) is 5.60. The normalized spacial score (nSPS) is 15.7. The van der Waals surface area contributed by atoms with Gasteiger partial charge in [0.2, 0.25) is 0 Å². The van der Waals surface area contributed by atoms with E-state index in [0.717, 1.165) is 11.3 Å². The van der Waals surface area contributed by atoms with Gasteiger partial charge in [-0.2, -0.15) is 0 Å². The predicted molar refractivity (Wildman–Crippen MR) is 50.1 cm³/mol. The zero-order valence-electron chi connectivity index (χ0n) is 7.76. The number of nitrogens with one attached hydrogen (secondary N) is 1. The van der Waals surface area contributed by atoms with E-state index in [9.17, 15) is 4.79 Å². The third-order valence-corrected chi connectivity index (χ3v) is 1.85. The van der Waals surface area contributed by atoms with Gasteiger partial charge in [-0.05, 0) is 6.92 Å². The van der Waals surface area contributed by atoms with Crippen molar-refractivity contribution in [2.75, 3.05) is 7.11 Å². The number of rotatable bonds is 2. The van der Waals surface area contributed by atoms with Crippen LogP contribution in [0.1, 0.15) is 13.3 Å². The third-order valence-electron chi connectivity index (χ3n) is 1.85. The van der Waals surface area contributed by atoms with Crippen LogP contribution in [-0.4, -0.2) is 19.4 Å². The molecule has 0 amide bonds. The number of carbonyl (C=O) groups is 1. The molecule has 0 fully saturated rings. The number of methoxy groups -OCH3 is 1. The summed E-state index contributed by atoms with van der Waals surface area (Å²) in [5.41, 5.74) is 2.31. The van der Waals surface area contributed by atoms with E-state index in [1.165, 1.54) is 7.11 Å². The van der Waals surface area contributed by atoms with E-state index < -0.39 is 0 Å². The first-order valence-corrected chi connectivity index (χ1v) is 3.90. The number of ether oxygens (including phenoxy) is 1. The highest BCUT2D eigenvalue weighted by molar-refractivity contribution is 5.76. The second kappa shape index (κ2) is 3.89. The van der Waals surface area contributed by atoms with Crippen molar-refractivity contribution in [2.24, 2.45) is 4.99 Å². The minimum atomic E-state index is -0.283. The molecular formula is C9H12N2O2. The van der Waals surface area contributed by atoms with Crippen molar-refractivity contribution in [3.05, 3.63) is 23.5 Å². The number of carbonyl (C=O) groups excluding carboxylic acids is 1. The zero-order valence-corrected chi connectivity index (χ0v) is 7.76. The van der Waals surface area contributed by atoms with Gasteiger partial charge in [0.25, 0.3) is 0 Å². The van der Waals surface area contributed by atoms with Gasteiger partial charge in [0.1, 0.15) is 0 Å². The Balaban J connectivity index is 2.81. The molecule has 0 aromatic rings. The summed E-state index contributed by atoms with van der Waals surface area (Å²) < 4.78 is 4.56. The molecule has 0 aromatic heterocycles. The number of nitrogens with zero attached hydrogens (tertiary/aromatic N) is 1. The van der Waals surface area contributed by atoms with Crippen molar-refractivity contribution in [3.8, 4) is 0 Å². The molecule has 0 unspecified atom stereocenters. The minimum Gasteiger partial charge on any atom is -0.469 e. The predicted octanol–water partition coefficient (Wildman–Crippen LogP) is 0.969. The van der Waals surface area contributed by atoms with Gasteiger partial charge in [-0.1, -0.05) is 6.58 Å². The molecule has 13 heavy (non-hydrogen) atoms. The maximum Gasteiger partial charge on any atom is 0.310 e. The fourth-order valence-corrected chi connectivity index (χ4v) is 1.04. The Morgan fingerprint density at radius 3 is 3.00 bits per heavy atom. The molecule has 1 heterocycles. The Morgan fingerprint density at radius 1 is 1.77 bits per heavy atom.